The summed E-state index contributed by atoms with van der Waals surface area (Å²) in [5, 5.41) is 13.4. The first-order valence-electron chi connectivity index (χ1n) is 6.86. The third-order valence-corrected chi connectivity index (χ3v) is 5.12. The average Bonchev–Trinajstić information content (AvgIpc) is 2.72. The van der Waals surface area contributed by atoms with Gasteiger partial charge in [0.25, 0.3) is 0 Å². The first kappa shape index (κ1) is 15.5. The number of aryl methyl sites for hydroxylation is 2. The number of thioether (sulfide) groups is 1. The van der Waals surface area contributed by atoms with Crippen molar-refractivity contribution in [2.75, 3.05) is 24.2 Å². The highest BCUT2D eigenvalue weighted by Gasteiger charge is 2.14. The average molecular weight is 311 g/mol. The Kier molecular flexibility index (Phi) is 5.63. The van der Waals surface area contributed by atoms with Crippen LogP contribution in [0.4, 0.5) is 5.82 Å². The molecule has 0 unspecified atom stereocenters. The number of aromatic nitrogens is 2. The Morgan fingerprint density at radius 2 is 2.10 bits per heavy atom. The van der Waals surface area contributed by atoms with E-state index in [1.165, 1.54) is 10.4 Å². The zero-order chi connectivity index (χ0) is 14.5. The van der Waals surface area contributed by atoms with Gasteiger partial charge < -0.3 is 10.4 Å². The third kappa shape index (κ3) is 3.42. The van der Waals surface area contributed by atoms with Gasteiger partial charge >= 0.3 is 0 Å². The predicted molar refractivity (Wildman–Crippen MR) is 88.9 cm³/mol. The van der Waals surface area contributed by atoms with Crippen molar-refractivity contribution in [1.82, 2.24) is 9.97 Å². The lowest BCUT2D eigenvalue weighted by molar-refractivity contribution is 0.322. The molecule has 6 heteroatoms. The van der Waals surface area contributed by atoms with Crippen molar-refractivity contribution < 1.29 is 5.11 Å². The number of hydrogen-bond acceptors (Lipinski definition) is 6. The minimum Gasteiger partial charge on any atom is -0.396 e. The summed E-state index contributed by atoms with van der Waals surface area (Å²) >= 11 is 3.39. The van der Waals surface area contributed by atoms with E-state index in [0.29, 0.717) is 0 Å². The lowest BCUT2D eigenvalue weighted by Gasteiger charge is -2.08. The van der Waals surface area contributed by atoms with Gasteiger partial charge in [-0.2, -0.15) is 11.8 Å². The van der Waals surface area contributed by atoms with Gasteiger partial charge in [-0.3, -0.25) is 0 Å². The molecule has 2 N–H and O–H groups in total. The largest absolute Gasteiger partial charge is 0.396 e. The molecule has 0 atom stereocenters. The molecule has 0 saturated heterocycles. The van der Waals surface area contributed by atoms with Crippen molar-refractivity contribution in [3.8, 4) is 0 Å². The maximum atomic E-state index is 8.85. The van der Waals surface area contributed by atoms with E-state index in [2.05, 4.69) is 36.1 Å². The van der Waals surface area contributed by atoms with Gasteiger partial charge in [-0.25, -0.2) is 9.97 Å². The van der Waals surface area contributed by atoms with E-state index in [9.17, 15) is 0 Å². The quantitative estimate of drug-likeness (QED) is 0.768. The van der Waals surface area contributed by atoms with Crippen LogP contribution in [0.3, 0.4) is 0 Å². The first-order chi connectivity index (χ1) is 9.67. The van der Waals surface area contributed by atoms with Crippen molar-refractivity contribution >= 4 is 39.1 Å². The van der Waals surface area contributed by atoms with Crippen LogP contribution in [0.25, 0.3) is 10.2 Å². The van der Waals surface area contributed by atoms with Crippen LogP contribution in [-0.4, -0.2) is 34.0 Å². The molecule has 20 heavy (non-hydrogen) atoms. The van der Waals surface area contributed by atoms with Crippen LogP contribution in [-0.2, 0) is 5.75 Å². The van der Waals surface area contributed by atoms with E-state index < -0.39 is 0 Å². The van der Waals surface area contributed by atoms with Crippen LogP contribution >= 0.6 is 23.1 Å². The maximum absolute atomic E-state index is 8.85. The lowest BCUT2D eigenvalue weighted by atomic mass is 10.2. The van der Waals surface area contributed by atoms with Gasteiger partial charge in [-0.15, -0.1) is 11.3 Å². The first-order valence-corrected chi connectivity index (χ1v) is 8.83. The highest BCUT2D eigenvalue weighted by molar-refractivity contribution is 7.98. The Labute approximate surface area is 128 Å². The second kappa shape index (κ2) is 7.24. The molecule has 2 aromatic rings. The molecule has 110 valence electrons. The van der Waals surface area contributed by atoms with Crippen LogP contribution < -0.4 is 5.32 Å². The Morgan fingerprint density at radius 1 is 1.30 bits per heavy atom. The second-order valence-electron chi connectivity index (χ2n) is 4.65. The molecule has 0 amide bonds. The fourth-order valence-corrected chi connectivity index (χ4v) is 3.59. The molecular weight excluding hydrogens is 290 g/mol. The molecule has 0 saturated carbocycles. The second-order valence-corrected chi connectivity index (χ2v) is 6.96. The highest BCUT2D eigenvalue weighted by Crippen LogP contribution is 2.33. The zero-order valence-electron chi connectivity index (χ0n) is 12.2. The van der Waals surface area contributed by atoms with Gasteiger partial charge in [0, 0.05) is 17.2 Å². The summed E-state index contributed by atoms with van der Waals surface area (Å²) in [6.45, 7) is 7.53. The van der Waals surface area contributed by atoms with Crippen LogP contribution in [0.15, 0.2) is 0 Å². The van der Waals surface area contributed by atoms with E-state index in [-0.39, 0.29) is 6.61 Å². The van der Waals surface area contributed by atoms with Gasteiger partial charge in [-0.05, 0) is 25.8 Å². The van der Waals surface area contributed by atoms with Crippen LogP contribution in [0.2, 0.25) is 0 Å². The molecule has 0 fully saturated rings. The fourth-order valence-electron chi connectivity index (χ4n) is 1.96. The summed E-state index contributed by atoms with van der Waals surface area (Å²) in [7, 11) is 0. The number of aliphatic hydroxyl groups is 1. The highest BCUT2D eigenvalue weighted by atomic mass is 32.2. The lowest BCUT2D eigenvalue weighted by Crippen LogP contribution is -2.05. The number of thiophene rings is 1. The normalized spacial score (nSPS) is 11.2. The molecule has 2 heterocycles. The topological polar surface area (TPSA) is 58.0 Å². The van der Waals surface area contributed by atoms with Crippen molar-refractivity contribution in [3.05, 3.63) is 16.3 Å². The SMILES string of the molecule is CCCNc1nc(CSCCO)nc2sc(C)c(C)c12. The molecule has 0 aliphatic rings. The number of nitrogens with one attached hydrogen (secondary N) is 1. The minimum absolute atomic E-state index is 0.199. The molecular formula is C14H21N3OS2. The number of anilines is 1. The van der Waals surface area contributed by atoms with E-state index in [1.807, 2.05) is 0 Å². The van der Waals surface area contributed by atoms with Crippen molar-refractivity contribution in [3.63, 3.8) is 0 Å². The fraction of sp³-hybridized carbons (Fsp3) is 0.571. The number of hydrogen-bond donors (Lipinski definition) is 2. The summed E-state index contributed by atoms with van der Waals surface area (Å²) in [6, 6.07) is 0. The molecule has 4 nitrogen and oxygen atoms in total. The minimum atomic E-state index is 0.199. The molecule has 0 bridgehead atoms. The molecule has 2 rings (SSSR count). The Bertz CT molecular complexity index is 583. The number of fused-ring (bicyclic) bond motifs is 1. The zero-order valence-corrected chi connectivity index (χ0v) is 13.8. The van der Waals surface area contributed by atoms with Gasteiger partial charge in [-0.1, -0.05) is 6.92 Å². The van der Waals surface area contributed by atoms with E-state index in [4.69, 9.17) is 5.11 Å². The Balaban J connectivity index is 2.36. The molecule has 2 aromatic heterocycles. The van der Waals surface area contributed by atoms with Gasteiger partial charge in [0.1, 0.15) is 16.5 Å². The summed E-state index contributed by atoms with van der Waals surface area (Å²) in [5.41, 5.74) is 1.28. The van der Waals surface area contributed by atoms with Gasteiger partial charge in [0.15, 0.2) is 0 Å². The Hall–Kier alpha value is -0.850. The monoisotopic (exact) mass is 311 g/mol. The Morgan fingerprint density at radius 3 is 2.80 bits per heavy atom. The molecule has 0 aliphatic heterocycles. The predicted octanol–water partition coefficient (Wildman–Crippen LogP) is 3.36. The van der Waals surface area contributed by atoms with Gasteiger partial charge in [0.2, 0.25) is 0 Å². The maximum Gasteiger partial charge on any atom is 0.142 e. The van der Waals surface area contributed by atoms with Crippen molar-refractivity contribution in [2.45, 2.75) is 32.9 Å². The summed E-state index contributed by atoms with van der Waals surface area (Å²) < 4.78 is 0. The van der Waals surface area contributed by atoms with Gasteiger partial charge in [0.05, 0.1) is 17.7 Å². The van der Waals surface area contributed by atoms with Crippen molar-refractivity contribution in [2.24, 2.45) is 0 Å². The number of aliphatic hydroxyl groups excluding tert-OH is 1. The number of rotatable bonds is 7. The molecule has 0 aromatic carbocycles. The van der Waals surface area contributed by atoms with Crippen molar-refractivity contribution in [1.29, 1.82) is 0 Å². The smallest absolute Gasteiger partial charge is 0.142 e. The molecule has 0 aliphatic carbocycles. The van der Waals surface area contributed by atoms with E-state index >= 15 is 0 Å². The van der Waals surface area contributed by atoms with E-state index in [0.717, 1.165) is 46.3 Å². The summed E-state index contributed by atoms with van der Waals surface area (Å²) in [4.78, 5) is 11.7. The van der Waals surface area contributed by atoms with E-state index in [1.54, 1.807) is 23.1 Å². The molecule has 0 radical (unpaired) electrons. The van der Waals surface area contributed by atoms with Crippen LogP contribution in [0.5, 0.6) is 0 Å². The van der Waals surface area contributed by atoms with Crippen LogP contribution in [0.1, 0.15) is 29.6 Å². The van der Waals surface area contributed by atoms with Crippen LogP contribution in [0, 0.1) is 13.8 Å². The number of nitrogens with zero attached hydrogens (tertiary/aromatic N) is 2. The molecule has 0 spiro atoms. The standard InChI is InChI=1S/C14H21N3OS2/c1-4-5-15-13-12-9(2)10(3)20-14(12)17-11(16-13)8-19-7-6-18/h18H,4-8H2,1-3H3,(H,15,16,17). The third-order valence-electron chi connectivity index (χ3n) is 3.08. The summed E-state index contributed by atoms with van der Waals surface area (Å²) in [6.07, 6.45) is 1.07. The summed E-state index contributed by atoms with van der Waals surface area (Å²) in [5.74, 6) is 3.27.